The maximum absolute atomic E-state index is 14.8. The normalized spacial score (nSPS) is 10.8. The Morgan fingerprint density at radius 3 is 2.54 bits per heavy atom. The number of amides is 1. The number of nitrogens with zero attached hydrogens (tertiary/aromatic N) is 3. The third kappa shape index (κ3) is 4.63. The van der Waals surface area contributed by atoms with Crippen LogP contribution in [0.5, 0.6) is 11.5 Å². The van der Waals surface area contributed by atoms with Crippen molar-refractivity contribution in [2.45, 2.75) is 13.8 Å². The van der Waals surface area contributed by atoms with Gasteiger partial charge in [-0.25, -0.2) is 14.1 Å². The van der Waals surface area contributed by atoms with E-state index in [4.69, 9.17) is 4.74 Å². The van der Waals surface area contributed by atoms with Gasteiger partial charge in [0, 0.05) is 25.9 Å². The first-order chi connectivity index (χ1) is 16.8. The number of nitrogens with one attached hydrogen (secondary N) is 2. The molecule has 0 aliphatic heterocycles. The van der Waals surface area contributed by atoms with E-state index in [1.807, 2.05) is 6.92 Å². The van der Waals surface area contributed by atoms with Crippen molar-refractivity contribution in [2.24, 2.45) is 7.05 Å². The lowest BCUT2D eigenvalue weighted by molar-refractivity contribution is 0.102. The molecule has 180 valence electrons. The van der Waals surface area contributed by atoms with Gasteiger partial charge in [-0.3, -0.25) is 14.3 Å². The Hall–Kier alpha value is -4.47. The molecular formula is C25H23F2N5O3. The van der Waals surface area contributed by atoms with Crippen LogP contribution in [0.1, 0.15) is 23.0 Å². The van der Waals surface area contributed by atoms with Crippen molar-refractivity contribution in [1.29, 1.82) is 0 Å². The third-order valence-corrected chi connectivity index (χ3v) is 5.39. The summed E-state index contributed by atoms with van der Waals surface area (Å²) in [7, 11) is 1.63. The van der Waals surface area contributed by atoms with E-state index in [2.05, 4.69) is 15.6 Å². The zero-order chi connectivity index (χ0) is 25.1. The quantitative estimate of drug-likeness (QED) is 0.403. The molecule has 2 aromatic carbocycles. The predicted molar refractivity (Wildman–Crippen MR) is 129 cm³/mol. The summed E-state index contributed by atoms with van der Waals surface area (Å²) in [6.07, 6.45) is 1.47. The predicted octanol–water partition coefficient (Wildman–Crippen LogP) is 4.63. The van der Waals surface area contributed by atoms with Gasteiger partial charge in [0.25, 0.3) is 11.5 Å². The van der Waals surface area contributed by atoms with Crippen molar-refractivity contribution in [2.75, 3.05) is 17.2 Å². The molecule has 10 heteroatoms. The smallest absolute Gasteiger partial charge is 0.284 e. The number of ether oxygens (including phenoxy) is 1. The molecule has 0 unspecified atom stereocenters. The first-order valence-corrected chi connectivity index (χ1v) is 10.8. The molecule has 1 amide bonds. The molecule has 2 aromatic heterocycles. The number of carbonyl (C=O) groups is 1. The van der Waals surface area contributed by atoms with Gasteiger partial charge in [-0.05, 0) is 44.2 Å². The molecule has 0 aliphatic carbocycles. The summed E-state index contributed by atoms with van der Waals surface area (Å²) in [5.41, 5.74) is -0.245. The van der Waals surface area contributed by atoms with E-state index in [-0.39, 0.29) is 17.1 Å². The number of aromatic nitrogens is 3. The molecular weight excluding hydrogens is 456 g/mol. The fourth-order valence-corrected chi connectivity index (χ4v) is 3.60. The highest BCUT2D eigenvalue weighted by Crippen LogP contribution is 2.30. The lowest BCUT2D eigenvalue weighted by atomic mass is 10.2. The van der Waals surface area contributed by atoms with E-state index >= 15 is 0 Å². The number of anilines is 2. The van der Waals surface area contributed by atoms with Crippen LogP contribution in [-0.4, -0.2) is 26.8 Å². The molecule has 0 bridgehead atoms. The second kappa shape index (κ2) is 9.80. The molecule has 0 saturated heterocycles. The molecule has 4 aromatic rings. The summed E-state index contributed by atoms with van der Waals surface area (Å²) in [6, 6.07) is 14.2. The molecule has 0 atom stereocenters. The van der Waals surface area contributed by atoms with Gasteiger partial charge in [-0.15, -0.1) is 0 Å². The van der Waals surface area contributed by atoms with Gasteiger partial charge in [0.1, 0.15) is 17.1 Å². The van der Waals surface area contributed by atoms with Crippen LogP contribution in [0.3, 0.4) is 0 Å². The van der Waals surface area contributed by atoms with Gasteiger partial charge in [0.15, 0.2) is 11.6 Å². The molecule has 0 spiro atoms. The molecule has 0 aliphatic rings. The number of halogens is 2. The van der Waals surface area contributed by atoms with E-state index in [0.717, 1.165) is 0 Å². The topological polar surface area (TPSA) is 90.2 Å². The largest absolute Gasteiger partial charge is 0.454 e. The van der Waals surface area contributed by atoms with Crippen molar-refractivity contribution in [1.82, 2.24) is 14.3 Å². The van der Waals surface area contributed by atoms with E-state index in [0.29, 0.717) is 23.7 Å². The molecule has 8 nitrogen and oxygen atoms in total. The van der Waals surface area contributed by atoms with Crippen LogP contribution in [0.2, 0.25) is 0 Å². The molecule has 0 saturated carbocycles. The SMILES string of the molecule is CCNc1cc(Oc2ccc(NC(=O)c3c(C)n(C)n(-c4ccccc4)c3=O)c(F)c2F)ccn1. The van der Waals surface area contributed by atoms with Gasteiger partial charge in [-0.2, -0.15) is 4.39 Å². The minimum atomic E-state index is -1.31. The van der Waals surface area contributed by atoms with Crippen molar-refractivity contribution in [3.05, 3.63) is 94.0 Å². The van der Waals surface area contributed by atoms with Crippen LogP contribution in [0, 0.1) is 18.6 Å². The third-order valence-electron chi connectivity index (χ3n) is 5.39. The Balaban J connectivity index is 1.60. The second-order valence-electron chi connectivity index (χ2n) is 7.64. The lowest BCUT2D eigenvalue weighted by Crippen LogP contribution is -2.25. The standard InChI is InChI=1S/C25H23F2N5O3/c1-4-28-20-14-17(12-13-29-20)35-19-11-10-18(22(26)23(19)27)30-24(33)21-15(2)31(3)32(25(21)34)16-8-6-5-7-9-16/h5-14H,4H2,1-3H3,(H,28,29)(H,30,33). The minimum Gasteiger partial charge on any atom is -0.454 e. The Labute approximate surface area is 199 Å². The van der Waals surface area contributed by atoms with Crippen LogP contribution in [-0.2, 0) is 7.05 Å². The number of rotatable bonds is 7. The fraction of sp³-hybridized carbons (Fsp3) is 0.160. The maximum Gasteiger partial charge on any atom is 0.284 e. The zero-order valence-electron chi connectivity index (χ0n) is 19.3. The average molecular weight is 479 g/mol. The molecule has 4 rings (SSSR count). The van der Waals surface area contributed by atoms with Crippen molar-refractivity contribution in [3.63, 3.8) is 0 Å². The first-order valence-electron chi connectivity index (χ1n) is 10.8. The summed E-state index contributed by atoms with van der Waals surface area (Å²) in [5, 5.41) is 5.30. The Morgan fingerprint density at radius 2 is 1.83 bits per heavy atom. The van der Waals surface area contributed by atoms with Crippen LogP contribution in [0.15, 0.2) is 65.6 Å². The number of benzene rings is 2. The monoisotopic (exact) mass is 479 g/mol. The summed E-state index contributed by atoms with van der Waals surface area (Å²) in [6.45, 7) is 4.12. The second-order valence-corrected chi connectivity index (χ2v) is 7.64. The number of carbonyl (C=O) groups excluding carboxylic acids is 1. The van der Waals surface area contributed by atoms with Crippen molar-refractivity contribution in [3.8, 4) is 17.2 Å². The molecule has 0 fully saturated rings. The van der Waals surface area contributed by atoms with Gasteiger partial charge in [-0.1, -0.05) is 18.2 Å². The highest BCUT2D eigenvalue weighted by Gasteiger charge is 2.24. The Kier molecular flexibility index (Phi) is 6.63. The number of hydrogen-bond acceptors (Lipinski definition) is 5. The summed E-state index contributed by atoms with van der Waals surface area (Å²) in [5.74, 6) is -3.03. The summed E-state index contributed by atoms with van der Waals surface area (Å²) >= 11 is 0. The summed E-state index contributed by atoms with van der Waals surface area (Å²) < 4.78 is 37.9. The number of hydrogen-bond donors (Lipinski definition) is 2. The van der Waals surface area contributed by atoms with E-state index in [1.54, 1.807) is 50.4 Å². The van der Waals surface area contributed by atoms with Gasteiger partial charge < -0.3 is 15.4 Å². The first kappa shape index (κ1) is 23.7. The molecule has 35 heavy (non-hydrogen) atoms. The van der Waals surface area contributed by atoms with Gasteiger partial charge >= 0.3 is 0 Å². The van der Waals surface area contributed by atoms with E-state index in [9.17, 15) is 18.4 Å². The maximum atomic E-state index is 14.8. The van der Waals surface area contributed by atoms with Gasteiger partial charge in [0.2, 0.25) is 5.82 Å². The zero-order valence-corrected chi connectivity index (χ0v) is 19.3. The molecule has 0 radical (unpaired) electrons. The molecule has 2 heterocycles. The van der Waals surface area contributed by atoms with Crippen LogP contribution < -0.4 is 20.9 Å². The van der Waals surface area contributed by atoms with E-state index < -0.39 is 28.8 Å². The van der Waals surface area contributed by atoms with Crippen LogP contribution in [0.25, 0.3) is 5.69 Å². The Bertz CT molecular complexity index is 1450. The van der Waals surface area contributed by atoms with Gasteiger partial charge in [0.05, 0.1) is 17.1 Å². The van der Waals surface area contributed by atoms with Crippen LogP contribution in [0.4, 0.5) is 20.3 Å². The number of para-hydroxylation sites is 1. The van der Waals surface area contributed by atoms with Crippen molar-refractivity contribution >= 4 is 17.4 Å². The Morgan fingerprint density at radius 1 is 1.09 bits per heavy atom. The highest BCUT2D eigenvalue weighted by molar-refractivity contribution is 6.05. The highest BCUT2D eigenvalue weighted by atomic mass is 19.2. The fourth-order valence-electron chi connectivity index (χ4n) is 3.60. The lowest BCUT2D eigenvalue weighted by Gasteiger charge is -2.11. The van der Waals surface area contributed by atoms with E-state index in [1.165, 1.54) is 33.8 Å². The number of pyridine rings is 1. The molecule has 2 N–H and O–H groups in total. The van der Waals surface area contributed by atoms with Crippen molar-refractivity contribution < 1.29 is 18.3 Å². The summed E-state index contributed by atoms with van der Waals surface area (Å²) in [4.78, 5) is 30.0. The average Bonchev–Trinajstić information content (AvgIpc) is 3.07. The minimum absolute atomic E-state index is 0.177. The van der Waals surface area contributed by atoms with Crippen LogP contribution >= 0.6 is 0 Å².